The van der Waals surface area contributed by atoms with Gasteiger partial charge >= 0.3 is 0 Å². The SMILES string of the molecule is CC(C)CC(C)n1c(CCl)nc2cc(Br)c(F)cc21. The van der Waals surface area contributed by atoms with Crippen LogP contribution in [0.4, 0.5) is 4.39 Å². The van der Waals surface area contributed by atoms with Crippen molar-refractivity contribution in [2.75, 3.05) is 0 Å². The smallest absolute Gasteiger partial charge is 0.139 e. The predicted molar refractivity (Wildman–Crippen MR) is 81.1 cm³/mol. The van der Waals surface area contributed by atoms with E-state index in [9.17, 15) is 4.39 Å². The lowest BCUT2D eigenvalue weighted by Gasteiger charge is -2.19. The van der Waals surface area contributed by atoms with Crippen LogP contribution in [-0.4, -0.2) is 9.55 Å². The quantitative estimate of drug-likeness (QED) is 0.688. The fourth-order valence-corrected chi connectivity index (χ4v) is 3.03. The molecular formula is C14H17BrClFN2. The van der Waals surface area contributed by atoms with Gasteiger partial charge in [-0.1, -0.05) is 13.8 Å². The van der Waals surface area contributed by atoms with Gasteiger partial charge in [-0.2, -0.15) is 0 Å². The maximum absolute atomic E-state index is 13.7. The highest BCUT2D eigenvalue weighted by molar-refractivity contribution is 9.10. The number of rotatable bonds is 4. The summed E-state index contributed by atoms with van der Waals surface area (Å²) in [6.45, 7) is 6.47. The number of aromatic nitrogens is 2. The molecule has 0 N–H and O–H groups in total. The van der Waals surface area contributed by atoms with Crippen molar-refractivity contribution < 1.29 is 4.39 Å². The molecule has 2 nitrogen and oxygen atoms in total. The summed E-state index contributed by atoms with van der Waals surface area (Å²) in [6, 6.07) is 3.48. The van der Waals surface area contributed by atoms with E-state index in [-0.39, 0.29) is 11.9 Å². The second kappa shape index (κ2) is 5.80. The van der Waals surface area contributed by atoms with Gasteiger partial charge in [-0.05, 0) is 41.3 Å². The lowest BCUT2D eigenvalue weighted by atomic mass is 10.0. The highest BCUT2D eigenvalue weighted by atomic mass is 79.9. The highest BCUT2D eigenvalue weighted by Gasteiger charge is 2.17. The van der Waals surface area contributed by atoms with Crippen molar-refractivity contribution in [1.82, 2.24) is 9.55 Å². The number of halogens is 3. The molecule has 1 aromatic heterocycles. The first kappa shape index (κ1) is 14.8. The summed E-state index contributed by atoms with van der Waals surface area (Å²) >= 11 is 9.17. The van der Waals surface area contributed by atoms with Gasteiger partial charge in [-0.25, -0.2) is 9.37 Å². The number of hydrogen-bond acceptors (Lipinski definition) is 1. The summed E-state index contributed by atoms with van der Waals surface area (Å²) in [5, 5.41) is 0. The van der Waals surface area contributed by atoms with E-state index >= 15 is 0 Å². The third kappa shape index (κ3) is 2.95. The van der Waals surface area contributed by atoms with Crippen molar-refractivity contribution in [2.24, 2.45) is 5.92 Å². The molecule has 0 amide bonds. The Balaban J connectivity index is 2.59. The Bertz CT molecular complexity index is 595. The van der Waals surface area contributed by atoms with Gasteiger partial charge in [0.05, 0.1) is 21.4 Å². The molecule has 1 unspecified atom stereocenters. The number of imidazole rings is 1. The second-order valence-corrected chi connectivity index (χ2v) is 6.39. The number of benzene rings is 1. The first-order valence-electron chi connectivity index (χ1n) is 6.35. The fourth-order valence-electron chi connectivity index (χ4n) is 2.51. The molecular weight excluding hydrogens is 331 g/mol. The van der Waals surface area contributed by atoms with E-state index in [0.717, 1.165) is 23.3 Å². The van der Waals surface area contributed by atoms with Crippen molar-refractivity contribution in [3.8, 4) is 0 Å². The Kier molecular flexibility index (Phi) is 4.51. The van der Waals surface area contributed by atoms with Gasteiger partial charge in [-0.15, -0.1) is 11.6 Å². The highest BCUT2D eigenvalue weighted by Crippen LogP contribution is 2.29. The maximum Gasteiger partial charge on any atom is 0.139 e. The van der Waals surface area contributed by atoms with Crippen LogP contribution in [-0.2, 0) is 5.88 Å². The summed E-state index contributed by atoms with van der Waals surface area (Å²) in [5.74, 6) is 1.42. The zero-order valence-electron chi connectivity index (χ0n) is 11.3. The summed E-state index contributed by atoms with van der Waals surface area (Å²) in [4.78, 5) is 4.50. The molecule has 1 atom stereocenters. The molecule has 0 aliphatic rings. The van der Waals surface area contributed by atoms with Gasteiger partial charge in [0.15, 0.2) is 0 Å². The minimum atomic E-state index is -0.272. The van der Waals surface area contributed by atoms with Crippen LogP contribution in [0.15, 0.2) is 16.6 Å². The van der Waals surface area contributed by atoms with Crippen molar-refractivity contribution in [2.45, 2.75) is 39.1 Å². The lowest BCUT2D eigenvalue weighted by Crippen LogP contribution is -2.11. The third-order valence-corrected chi connectivity index (χ3v) is 4.02. The van der Waals surface area contributed by atoms with Gasteiger partial charge in [0.2, 0.25) is 0 Å². The predicted octanol–water partition coefficient (Wildman–Crippen LogP) is 5.28. The van der Waals surface area contributed by atoms with E-state index in [1.807, 2.05) is 0 Å². The van der Waals surface area contributed by atoms with E-state index in [0.29, 0.717) is 16.3 Å². The van der Waals surface area contributed by atoms with Crippen molar-refractivity contribution >= 4 is 38.6 Å². The van der Waals surface area contributed by atoms with E-state index in [2.05, 4.69) is 46.3 Å². The molecule has 0 aliphatic carbocycles. The number of alkyl halides is 1. The average Bonchev–Trinajstić information content (AvgIpc) is 2.66. The monoisotopic (exact) mass is 346 g/mol. The number of nitrogens with zero attached hydrogens (tertiary/aromatic N) is 2. The molecule has 0 fully saturated rings. The Morgan fingerprint density at radius 3 is 2.63 bits per heavy atom. The first-order valence-corrected chi connectivity index (χ1v) is 7.68. The van der Waals surface area contributed by atoms with E-state index < -0.39 is 0 Å². The summed E-state index contributed by atoms with van der Waals surface area (Å²) in [7, 11) is 0. The Morgan fingerprint density at radius 1 is 1.37 bits per heavy atom. The second-order valence-electron chi connectivity index (χ2n) is 5.27. The summed E-state index contributed by atoms with van der Waals surface area (Å²) < 4.78 is 16.2. The maximum atomic E-state index is 13.7. The zero-order valence-corrected chi connectivity index (χ0v) is 13.6. The zero-order chi connectivity index (χ0) is 14.2. The molecule has 1 heterocycles. The molecule has 19 heavy (non-hydrogen) atoms. The normalized spacial score (nSPS) is 13.4. The van der Waals surface area contributed by atoms with Crippen LogP contribution in [0.1, 0.15) is 39.1 Å². The summed E-state index contributed by atoms with van der Waals surface area (Å²) in [6.07, 6.45) is 1.01. The van der Waals surface area contributed by atoms with Gasteiger partial charge in [-0.3, -0.25) is 0 Å². The van der Waals surface area contributed by atoms with E-state index in [1.165, 1.54) is 6.07 Å². The largest absolute Gasteiger partial charge is 0.324 e. The molecule has 2 aromatic rings. The molecule has 0 aliphatic heterocycles. The molecule has 0 bridgehead atoms. The van der Waals surface area contributed by atoms with Crippen LogP contribution < -0.4 is 0 Å². The molecule has 1 aromatic carbocycles. The first-order chi connectivity index (χ1) is 8.93. The molecule has 0 saturated carbocycles. The Hall–Kier alpha value is -0.610. The minimum Gasteiger partial charge on any atom is -0.324 e. The van der Waals surface area contributed by atoms with Crippen LogP contribution in [0.25, 0.3) is 11.0 Å². The average molecular weight is 348 g/mol. The molecule has 0 radical (unpaired) electrons. The van der Waals surface area contributed by atoms with Crippen LogP contribution in [0.5, 0.6) is 0 Å². The minimum absolute atomic E-state index is 0.249. The lowest BCUT2D eigenvalue weighted by molar-refractivity contribution is 0.428. The van der Waals surface area contributed by atoms with Gasteiger partial charge in [0, 0.05) is 12.1 Å². The van der Waals surface area contributed by atoms with E-state index in [1.54, 1.807) is 6.07 Å². The van der Waals surface area contributed by atoms with Crippen molar-refractivity contribution in [1.29, 1.82) is 0 Å². The molecule has 2 rings (SSSR count). The molecule has 5 heteroatoms. The Labute approximate surface area is 126 Å². The molecule has 0 spiro atoms. The molecule has 104 valence electrons. The fraction of sp³-hybridized carbons (Fsp3) is 0.500. The third-order valence-electron chi connectivity index (χ3n) is 3.18. The van der Waals surface area contributed by atoms with Crippen LogP contribution in [0.2, 0.25) is 0 Å². The Morgan fingerprint density at radius 2 is 2.05 bits per heavy atom. The van der Waals surface area contributed by atoms with Crippen LogP contribution >= 0.6 is 27.5 Å². The standard InChI is InChI=1S/C14H17BrClFN2/c1-8(2)4-9(3)19-13-6-11(17)10(15)5-12(13)18-14(19)7-16/h5-6,8-9H,4,7H2,1-3H3. The van der Waals surface area contributed by atoms with Crippen molar-refractivity contribution in [3.05, 3.63) is 28.2 Å². The van der Waals surface area contributed by atoms with Crippen LogP contribution in [0.3, 0.4) is 0 Å². The van der Waals surface area contributed by atoms with Gasteiger partial charge in [0.1, 0.15) is 11.6 Å². The number of hydrogen-bond donors (Lipinski definition) is 0. The van der Waals surface area contributed by atoms with Gasteiger partial charge < -0.3 is 4.57 Å². The topological polar surface area (TPSA) is 17.8 Å². The number of fused-ring (bicyclic) bond motifs is 1. The van der Waals surface area contributed by atoms with Crippen LogP contribution in [0, 0.1) is 11.7 Å². The van der Waals surface area contributed by atoms with E-state index in [4.69, 9.17) is 11.6 Å². The van der Waals surface area contributed by atoms with Crippen molar-refractivity contribution in [3.63, 3.8) is 0 Å². The van der Waals surface area contributed by atoms with Gasteiger partial charge in [0.25, 0.3) is 0 Å². The molecule has 0 saturated heterocycles. The summed E-state index contributed by atoms with van der Waals surface area (Å²) in [5.41, 5.74) is 1.59.